The topological polar surface area (TPSA) is 58.6 Å². The minimum atomic E-state index is -3.11. The molecule has 0 amide bonds. The number of piperidine rings is 1. The molecule has 1 saturated carbocycles. The fourth-order valence-electron chi connectivity index (χ4n) is 4.55. The SMILES string of the molecule is O=S(=O)(CCC1CC1)N1CC2(CCNCC2)[C@@H]2COC[C@@H]21. The molecule has 5 nitrogen and oxygen atoms in total. The highest BCUT2D eigenvalue weighted by Crippen LogP contribution is 2.50. The maximum absolute atomic E-state index is 12.8. The summed E-state index contributed by atoms with van der Waals surface area (Å²) < 4.78 is 33.1. The van der Waals surface area contributed by atoms with E-state index in [2.05, 4.69) is 5.32 Å². The molecule has 2 atom stereocenters. The lowest BCUT2D eigenvalue weighted by Gasteiger charge is -2.37. The number of fused-ring (bicyclic) bond motifs is 2. The lowest BCUT2D eigenvalue weighted by atomic mass is 9.70. The first-order valence-corrected chi connectivity index (χ1v) is 10.00. The van der Waals surface area contributed by atoms with Crippen LogP contribution in [0.4, 0.5) is 0 Å². The molecule has 0 radical (unpaired) electrons. The first-order valence-electron chi connectivity index (χ1n) is 8.39. The van der Waals surface area contributed by atoms with Crippen molar-refractivity contribution in [1.82, 2.24) is 9.62 Å². The van der Waals surface area contributed by atoms with Crippen LogP contribution in [0.15, 0.2) is 0 Å². The summed E-state index contributed by atoms with van der Waals surface area (Å²) in [7, 11) is -3.11. The molecule has 4 rings (SSSR count). The van der Waals surface area contributed by atoms with Crippen molar-refractivity contribution in [2.75, 3.05) is 38.6 Å². The van der Waals surface area contributed by atoms with Crippen LogP contribution in [0.1, 0.15) is 32.1 Å². The Balaban J connectivity index is 1.54. The van der Waals surface area contributed by atoms with Crippen molar-refractivity contribution in [3.8, 4) is 0 Å². The van der Waals surface area contributed by atoms with Gasteiger partial charge in [0.05, 0.1) is 25.0 Å². The van der Waals surface area contributed by atoms with Crippen molar-refractivity contribution in [1.29, 1.82) is 0 Å². The fraction of sp³-hybridized carbons (Fsp3) is 1.00. The predicted molar refractivity (Wildman–Crippen MR) is 80.5 cm³/mol. The molecule has 1 spiro atoms. The Bertz CT molecular complexity index is 497. The zero-order chi connectivity index (χ0) is 14.5. The second-order valence-corrected chi connectivity index (χ2v) is 9.46. The van der Waals surface area contributed by atoms with E-state index in [1.807, 2.05) is 4.31 Å². The maximum Gasteiger partial charge on any atom is 0.214 e. The predicted octanol–water partition coefficient (Wildman–Crippen LogP) is 0.817. The van der Waals surface area contributed by atoms with Crippen LogP contribution in [0.3, 0.4) is 0 Å². The summed E-state index contributed by atoms with van der Waals surface area (Å²) in [6.45, 7) is 4.11. The van der Waals surface area contributed by atoms with E-state index < -0.39 is 10.0 Å². The van der Waals surface area contributed by atoms with E-state index in [9.17, 15) is 8.42 Å². The number of rotatable bonds is 4. The van der Waals surface area contributed by atoms with E-state index in [1.165, 1.54) is 12.8 Å². The minimum Gasteiger partial charge on any atom is -0.379 e. The molecule has 0 aromatic carbocycles. The van der Waals surface area contributed by atoms with Crippen LogP contribution in [0, 0.1) is 17.3 Å². The Hall–Kier alpha value is -0.170. The standard InChI is InChI=1S/C15H26N2O3S/c18-21(19,8-3-12-1-2-12)17-11-15(4-6-16-7-5-15)13-9-20-10-14(13)17/h12-14,16H,1-11H2/t13-,14+/m1/s1. The van der Waals surface area contributed by atoms with Crippen molar-refractivity contribution in [2.45, 2.75) is 38.1 Å². The van der Waals surface area contributed by atoms with E-state index in [1.54, 1.807) is 0 Å². The largest absolute Gasteiger partial charge is 0.379 e. The molecule has 4 fully saturated rings. The zero-order valence-electron chi connectivity index (χ0n) is 12.6. The van der Waals surface area contributed by atoms with Gasteiger partial charge in [0.25, 0.3) is 0 Å². The summed E-state index contributed by atoms with van der Waals surface area (Å²) in [6, 6.07) is 0.104. The number of hydrogen-bond donors (Lipinski definition) is 1. The summed E-state index contributed by atoms with van der Waals surface area (Å²) in [4.78, 5) is 0. The second-order valence-electron chi connectivity index (χ2n) is 7.42. The molecule has 3 saturated heterocycles. The van der Waals surface area contributed by atoms with Crippen LogP contribution in [0.25, 0.3) is 0 Å². The molecule has 1 aliphatic carbocycles. The molecule has 120 valence electrons. The van der Waals surface area contributed by atoms with Crippen molar-refractivity contribution >= 4 is 10.0 Å². The monoisotopic (exact) mass is 314 g/mol. The van der Waals surface area contributed by atoms with Gasteiger partial charge in [0.1, 0.15) is 0 Å². The van der Waals surface area contributed by atoms with E-state index in [4.69, 9.17) is 4.74 Å². The quantitative estimate of drug-likeness (QED) is 0.834. The molecule has 3 aliphatic heterocycles. The van der Waals surface area contributed by atoms with E-state index >= 15 is 0 Å². The normalized spacial score (nSPS) is 36.2. The lowest BCUT2D eigenvalue weighted by Crippen LogP contribution is -2.43. The van der Waals surface area contributed by atoms with Gasteiger partial charge in [-0.15, -0.1) is 0 Å². The number of nitrogens with one attached hydrogen (secondary N) is 1. The first kappa shape index (κ1) is 14.4. The molecule has 21 heavy (non-hydrogen) atoms. The maximum atomic E-state index is 12.8. The Kier molecular flexibility index (Phi) is 3.56. The summed E-state index contributed by atoms with van der Waals surface area (Å²) in [5.74, 6) is 1.43. The van der Waals surface area contributed by atoms with Gasteiger partial charge in [0, 0.05) is 12.5 Å². The highest BCUT2D eigenvalue weighted by atomic mass is 32.2. The molecule has 0 aromatic rings. The van der Waals surface area contributed by atoms with Crippen molar-refractivity contribution in [3.63, 3.8) is 0 Å². The van der Waals surface area contributed by atoms with Crippen LogP contribution >= 0.6 is 0 Å². The molecular weight excluding hydrogens is 288 g/mol. The summed E-state index contributed by atoms with van der Waals surface area (Å²) in [6.07, 6.45) is 5.48. The Morgan fingerprint density at radius 3 is 2.67 bits per heavy atom. The highest BCUT2D eigenvalue weighted by molar-refractivity contribution is 7.89. The van der Waals surface area contributed by atoms with Gasteiger partial charge in [-0.2, -0.15) is 4.31 Å². The van der Waals surface area contributed by atoms with Crippen LogP contribution in [0.2, 0.25) is 0 Å². The third-order valence-electron chi connectivity index (χ3n) is 6.12. The first-order chi connectivity index (χ1) is 10.1. The van der Waals surface area contributed by atoms with Gasteiger partial charge < -0.3 is 10.1 Å². The van der Waals surface area contributed by atoms with E-state index in [0.29, 0.717) is 24.2 Å². The van der Waals surface area contributed by atoms with Crippen molar-refractivity contribution in [3.05, 3.63) is 0 Å². The van der Waals surface area contributed by atoms with Gasteiger partial charge in [-0.05, 0) is 43.7 Å². The molecule has 1 N–H and O–H groups in total. The smallest absolute Gasteiger partial charge is 0.214 e. The summed E-state index contributed by atoms with van der Waals surface area (Å²) in [5.41, 5.74) is 0.166. The molecule has 0 unspecified atom stereocenters. The number of nitrogens with zero attached hydrogens (tertiary/aromatic N) is 1. The molecule has 3 heterocycles. The van der Waals surface area contributed by atoms with Gasteiger partial charge in [0.15, 0.2) is 0 Å². The van der Waals surface area contributed by atoms with Crippen LogP contribution in [-0.2, 0) is 14.8 Å². The van der Waals surface area contributed by atoms with Gasteiger partial charge >= 0.3 is 0 Å². The fourth-order valence-corrected chi connectivity index (χ4v) is 6.49. The minimum absolute atomic E-state index is 0.104. The molecule has 0 bridgehead atoms. The zero-order valence-corrected chi connectivity index (χ0v) is 13.4. The van der Waals surface area contributed by atoms with Crippen LogP contribution < -0.4 is 5.32 Å². The Labute approximate surface area is 127 Å². The van der Waals surface area contributed by atoms with Gasteiger partial charge in [-0.1, -0.05) is 12.8 Å². The van der Waals surface area contributed by atoms with Crippen molar-refractivity contribution < 1.29 is 13.2 Å². The molecule has 0 aromatic heterocycles. The summed E-state index contributed by atoms with van der Waals surface area (Å²) >= 11 is 0. The molecule has 6 heteroatoms. The Morgan fingerprint density at radius 2 is 1.95 bits per heavy atom. The Morgan fingerprint density at radius 1 is 1.19 bits per heavy atom. The average Bonchev–Trinajstić information content (AvgIpc) is 3.09. The lowest BCUT2D eigenvalue weighted by molar-refractivity contribution is 0.0979. The average molecular weight is 314 g/mol. The van der Waals surface area contributed by atoms with Gasteiger partial charge in [0.2, 0.25) is 10.0 Å². The van der Waals surface area contributed by atoms with E-state index in [0.717, 1.165) is 45.5 Å². The number of ether oxygens (including phenoxy) is 1. The molecular formula is C15H26N2O3S. The van der Waals surface area contributed by atoms with E-state index in [-0.39, 0.29) is 11.5 Å². The van der Waals surface area contributed by atoms with Gasteiger partial charge in [-0.25, -0.2) is 8.42 Å². The number of hydrogen-bond acceptors (Lipinski definition) is 4. The van der Waals surface area contributed by atoms with Crippen LogP contribution in [0.5, 0.6) is 0 Å². The van der Waals surface area contributed by atoms with Gasteiger partial charge in [-0.3, -0.25) is 0 Å². The highest BCUT2D eigenvalue weighted by Gasteiger charge is 2.57. The number of sulfonamides is 1. The summed E-state index contributed by atoms with van der Waals surface area (Å²) in [5, 5.41) is 3.41. The van der Waals surface area contributed by atoms with Crippen LogP contribution in [-0.4, -0.2) is 57.4 Å². The third-order valence-corrected chi connectivity index (χ3v) is 7.98. The second kappa shape index (κ2) is 5.18. The third kappa shape index (κ3) is 2.54. The van der Waals surface area contributed by atoms with Crippen molar-refractivity contribution in [2.24, 2.45) is 17.3 Å². The molecule has 4 aliphatic rings.